The van der Waals surface area contributed by atoms with Crippen molar-refractivity contribution in [3.05, 3.63) is 60.4 Å². The highest BCUT2D eigenvalue weighted by Crippen LogP contribution is 2.19. The van der Waals surface area contributed by atoms with Crippen molar-refractivity contribution in [2.24, 2.45) is 0 Å². The van der Waals surface area contributed by atoms with Gasteiger partial charge < -0.3 is 0 Å². The second-order valence-corrected chi connectivity index (χ2v) is 4.24. The summed E-state index contributed by atoms with van der Waals surface area (Å²) < 4.78 is 102. The Morgan fingerprint density at radius 3 is 1.40 bits per heavy atom. The Morgan fingerprint density at radius 1 is 0.733 bits per heavy atom. The smallest absolute Gasteiger partial charge is 0.206 e. The fourth-order valence-electron chi connectivity index (χ4n) is 0.848. The molecule has 2 aromatic carbocycles. The Labute approximate surface area is 103 Å². The maximum atomic E-state index is 12.8. The lowest BCUT2D eigenvalue weighted by Crippen LogP contribution is -2.00. The molecule has 0 bridgehead atoms. The molecular weight excluding hydrogens is 208 g/mol. The van der Waals surface area contributed by atoms with E-state index in [4.69, 9.17) is 13.7 Å². The summed E-state index contributed by atoms with van der Waals surface area (Å²) in [7, 11) is -4.98. The van der Waals surface area contributed by atoms with Gasteiger partial charge in [0.2, 0.25) is 9.84 Å². The van der Waals surface area contributed by atoms with Crippen LogP contribution in [-0.2, 0) is 9.84 Å². The number of hydrogen-bond donors (Lipinski definition) is 0. The van der Waals surface area contributed by atoms with Crippen molar-refractivity contribution < 1.29 is 22.1 Å². The minimum absolute atomic E-state index is 0.810. The van der Waals surface area contributed by atoms with E-state index in [0.717, 1.165) is 0 Å². The summed E-state index contributed by atoms with van der Waals surface area (Å²) in [5, 5.41) is 0. The third-order valence-electron chi connectivity index (χ3n) is 1.49. The maximum absolute atomic E-state index is 12.8. The molecule has 0 spiro atoms. The van der Waals surface area contributed by atoms with Crippen molar-refractivity contribution in [3.63, 3.8) is 0 Å². The highest BCUT2D eigenvalue weighted by Gasteiger charge is 2.15. The standard InChI is InChI=1S/C12H10O2S/c13-15(14,11-7-3-1-4-8-11)12-9-5-2-6-10-12/h1-10H/i1D,2D,3D,4D,5D,6D,7D,8D,9D,10D. The van der Waals surface area contributed by atoms with Gasteiger partial charge in [0.1, 0.15) is 0 Å². The Bertz CT molecular complexity index is 882. The summed E-state index contributed by atoms with van der Waals surface area (Å²) in [5.41, 5.74) is 0. The van der Waals surface area contributed by atoms with Gasteiger partial charge in [0.05, 0.1) is 23.5 Å². The lowest BCUT2D eigenvalue weighted by molar-refractivity contribution is 0.596. The molecule has 2 aromatic rings. The molecule has 0 atom stereocenters. The molecule has 0 radical (unpaired) electrons. The normalized spacial score (nSPS) is 20.5. The van der Waals surface area contributed by atoms with Crippen molar-refractivity contribution in [2.75, 3.05) is 0 Å². The molecule has 0 aliphatic carbocycles. The van der Waals surface area contributed by atoms with Gasteiger partial charge in [-0.2, -0.15) is 0 Å². The minimum atomic E-state index is -4.98. The number of benzene rings is 2. The van der Waals surface area contributed by atoms with Crippen LogP contribution in [0.1, 0.15) is 13.7 Å². The molecular formula is C12H10O2S. The quantitative estimate of drug-likeness (QED) is 0.791. The van der Waals surface area contributed by atoms with Gasteiger partial charge in [-0.25, -0.2) is 8.42 Å². The molecule has 0 aliphatic heterocycles. The Morgan fingerprint density at radius 2 is 1.07 bits per heavy atom. The monoisotopic (exact) mass is 228 g/mol. The van der Waals surface area contributed by atoms with Crippen LogP contribution in [0, 0.1) is 0 Å². The van der Waals surface area contributed by atoms with Crippen LogP contribution in [0.25, 0.3) is 0 Å². The SMILES string of the molecule is [2H]c1c([2H])c([2H])c(S(=O)(=O)c2c([2H])c([2H])c([2H])c([2H])c2[2H])c([2H])c1[2H]. The predicted molar refractivity (Wildman–Crippen MR) is 58.3 cm³/mol. The van der Waals surface area contributed by atoms with E-state index in [-0.39, 0.29) is 0 Å². The summed E-state index contributed by atoms with van der Waals surface area (Å²) >= 11 is 0. The van der Waals surface area contributed by atoms with E-state index in [1.54, 1.807) is 0 Å². The fraction of sp³-hybridized carbons (Fsp3) is 0. The highest BCUT2D eigenvalue weighted by atomic mass is 32.2. The molecule has 2 nitrogen and oxygen atoms in total. The second-order valence-electron chi connectivity index (χ2n) is 2.41. The van der Waals surface area contributed by atoms with E-state index in [2.05, 4.69) is 0 Å². The minimum Gasteiger partial charge on any atom is -0.219 e. The molecule has 0 N–H and O–H groups in total. The molecule has 3 heteroatoms. The average Bonchev–Trinajstić information content (AvgIpc) is 2.54. The van der Waals surface area contributed by atoms with Gasteiger partial charge in [0.25, 0.3) is 0 Å². The van der Waals surface area contributed by atoms with Gasteiger partial charge in [0.15, 0.2) is 0 Å². The molecule has 15 heavy (non-hydrogen) atoms. The molecule has 0 amide bonds. The van der Waals surface area contributed by atoms with Crippen molar-refractivity contribution in [3.8, 4) is 0 Å². The van der Waals surface area contributed by atoms with Gasteiger partial charge in [0, 0.05) is 0 Å². The zero-order chi connectivity index (χ0) is 19.4. The van der Waals surface area contributed by atoms with Crippen LogP contribution in [0.2, 0.25) is 0 Å². The van der Waals surface area contributed by atoms with Crippen molar-refractivity contribution in [2.45, 2.75) is 9.79 Å². The fourth-order valence-corrected chi connectivity index (χ4v) is 1.79. The van der Waals surface area contributed by atoms with Crippen LogP contribution < -0.4 is 0 Å². The van der Waals surface area contributed by atoms with Crippen LogP contribution in [0.15, 0.2) is 70.2 Å². The van der Waals surface area contributed by atoms with Crippen LogP contribution in [0.3, 0.4) is 0 Å². The zero-order valence-corrected chi connectivity index (χ0v) is 8.04. The average molecular weight is 228 g/mol. The zero-order valence-electron chi connectivity index (χ0n) is 17.2. The maximum Gasteiger partial charge on any atom is 0.206 e. The number of sulfone groups is 1. The predicted octanol–water partition coefficient (Wildman–Crippen LogP) is 2.52. The molecule has 0 saturated carbocycles. The van der Waals surface area contributed by atoms with Gasteiger partial charge in [-0.05, 0) is 24.2 Å². The van der Waals surface area contributed by atoms with Crippen LogP contribution in [0.4, 0.5) is 0 Å². The topological polar surface area (TPSA) is 34.1 Å². The van der Waals surface area contributed by atoms with Crippen LogP contribution in [-0.4, -0.2) is 8.42 Å². The molecule has 0 saturated heterocycles. The van der Waals surface area contributed by atoms with Gasteiger partial charge in [-0.1, -0.05) is 36.3 Å². The molecule has 0 aliphatic rings. The van der Waals surface area contributed by atoms with E-state index in [9.17, 15) is 8.42 Å². The van der Waals surface area contributed by atoms with E-state index in [1.807, 2.05) is 0 Å². The van der Waals surface area contributed by atoms with Gasteiger partial charge in [-0.3, -0.25) is 0 Å². The first-order chi connectivity index (χ1) is 11.4. The van der Waals surface area contributed by atoms with Crippen LogP contribution >= 0.6 is 0 Å². The number of rotatable bonds is 2. The third-order valence-corrected chi connectivity index (χ3v) is 2.97. The van der Waals surface area contributed by atoms with E-state index in [0.29, 0.717) is 0 Å². The Hall–Kier alpha value is -1.61. The van der Waals surface area contributed by atoms with Gasteiger partial charge in [-0.15, -0.1) is 0 Å². The molecule has 0 fully saturated rings. The van der Waals surface area contributed by atoms with Crippen molar-refractivity contribution in [1.82, 2.24) is 0 Å². The van der Waals surface area contributed by atoms with E-state index in [1.165, 1.54) is 0 Å². The second kappa shape index (κ2) is 3.87. The highest BCUT2D eigenvalue weighted by molar-refractivity contribution is 7.91. The molecule has 76 valence electrons. The number of hydrogen-bond acceptors (Lipinski definition) is 2. The Balaban J connectivity index is 3.02. The Kier molecular flexibility index (Phi) is 0.891. The summed E-state index contributed by atoms with van der Waals surface area (Å²) in [6.45, 7) is 0. The van der Waals surface area contributed by atoms with Crippen LogP contribution in [0.5, 0.6) is 0 Å². The van der Waals surface area contributed by atoms with Crippen molar-refractivity contribution in [1.29, 1.82) is 0 Å². The summed E-state index contributed by atoms with van der Waals surface area (Å²) in [6.07, 6.45) is 0. The summed E-state index contributed by atoms with van der Waals surface area (Å²) in [5.74, 6) is 0. The third kappa shape index (κ3) is 1.92. The first-order valence-corrected chi connectivity index (χ1v) is 5.22. The van der Waals surface area contributed by atoms with Crippen molar-refractivity contribution >= 4 is 9.84 Å². The largest absolute Gasteiger partial charge is 0.219 e. The lowest BCUT2D eigenvalue weighted by atomic mass is 10.4. The molecule has 0 heterocycles. The molecule has 0 unspecified atom stereocenters. The first kappa shape index (κ1) is 3.46. The molecule has 2 rings (SSSR count). The molecule has 0 aromatic heterocycles. The van der Waals surface area contributed by atoms with E-state index < -0.39 is 80.1 Å². The summed E-state index contributed by atoms with van der Waals surface area (Å²) in [4.78, 5) is -2.28. The lowest BCUT2D eigenvalue weighted by Gasteiger charge is -2.03. The van der Waals surface area contributed by atoms with E-state index >= 15 is 0 Å². The van der Waals surface area contributed by atoms with Gasteiger partial charge >= 0.3 is 0 Å². The summed E-state index contributed by atoms with van der Waals surface area (Å²) in [6, 6.07) is -9.44. The first-order valence-electron chi connectivity index (χ1n) is 8.74.